The number of esters is 1. The summed E-state index contributed by atoms with van der Waals surface area (Å²) in [6.45, 7) is 16.5. The number of carbonyl (C=O) groups is 4. The molecule has 1 fully saturated rings. The largest absolute Gasteiger partial charge is 0.458 e. The third-order valence-corrected chi connectivity index (χ3v) is 8.55. The highest BCUT2D eigenvalue weighted by molar-refractivity contribution is 7.98. The molecular weight excluding hydrogens is 614 g/mol. The molecule has 1 aliphatic rings. The molecule has 0 saturated heterocycles. The van der Waals surface area contributed by atoms with Crippen molar-refractivity contribution >= 4 is 35.6 Å². The minimum Gasteiger partial charge on any atom is -0.458 e. The van der Waals surface area contributed by atoms with Crippen LogP contribution in [0.3, 0.4) is 0 Å². The Balaban J connectivity index is 2.10. The fourth-order valence-electron chi connectivity index (χ4n) is 5.62. The second-order valence-corrected chi connectivity index (χ2v) is 15.5. The number of ether oxygens (including phenoxy) is 2. The van der Waals surface area contributed by atoms with E-state index in [1.165, 1.54) is 0 Å². The van der Waals surface area contributed by atoms with E-state index in [0.717, 1.165) is 16.7 Å². The molecule has 2 N–H and O–H groups in total. The molecule has 1 saturated carbocycles. The van der Waals surface area contributed by atoms with Gasteiger partial charge in [-0.05, 0) is 108 Å². The standard InChI is InChI=1S/C37H53N3O6S/c1-23-15-14-16-24(2)30(23)31(32(41)38-28(34(43)45-36(4,5)6)22-26-17-12-11-13-18-26)40(29-21-25(29)3)33(42)27(19-20-47-10)39-35(44)46-37(7,8)9/h11-18,25,27-29,31H,19-22H2,1-10H3,(H,38,41)(H,39,44). The normalized spacial score (nSPS) is 17.9. The Morgan fingerprint density at radius 1 is 0.872 bits per heavy atom. The minimum absolute atomic E-state index is 0.146. The van der Waals surface area contributed by atoms with E-state index < -0.39 is 47.3 Å². The predicted molar refractivity (Wildman–Crippen MR) is 187 cm³/mol. The number of thioether (sulfide) groups is 1. The first-order valence-corrected chi connectivity index (χ1v) is 17.7. The smallest absolute Gasteiger partial charge is 0.408 e. The third-order valence-electron chi connectivity index (χ3n) is 7.91. The molecule has 3 rings (SSSR count). The van der Waals surface area contributed by atoms with Gasteiger partial charge in [0.2, 0.25) is 11.8 Å². The summed E-state index contributed by atoms with van der Waals surface area (Å²) in [6, 6.07) is 12.0. The van der Waals surface area contributed by atoms with Gasteiger partial charge < -0.3 is 25.0 Å². The van der Waals surface area contributed by atoms with Crippen LogP contribution >= 0.6 is 11.8 Å². The van der Waals surface area contributed by atoms with Crippen molar-refractivity contribution in [3.63, 3.8) is 0 Å². The lowest BCUT2D eigenvalue weighted by Crippen LogP contribution is -2.56. The number of carbonyl (C=O) groups excluding carboxylic acids is 4. The maximum atomic E-state index is 14.7. The van der Waals surface area contributed by atoms with Gasteiger partial charge in [0.15, 0.2) is 0 Å². The number of aryl methyl sites for hydroxylation is 2. The number of rotatable bonds is 13. The van der Waals surface area contributed by atoms with Crippen molar-refractivity contribution in [2.75, 3.05) is 12.0 Å². The van der Waals surface area contributed by atoms with Crippen molar-refractivity contribution in [2.45, 2.75) is 117 Å². The predicted octanol–water partition coefficient (Wildman–Crippen LogP) is 6.30. The molecule has 258 valence electrons. The zero-order valence-electron chi connectivity index (χ0n) is 29.6. The van der Waals surface area contributed by atoms with E-state index in [2.05, 4.69) is 10.6 Å². The fraction of sp³-hybridized carbons (Fsp3) is 0.568. The van der Waals surface area contributed by atoms with Crippen molar-refractivity contribution in [1.82, 2.24) is 15.5 Å². The van der Waals surface area contributed by atoms with Gasteiger partial charge in [0, 0.05) is 12.5 Å². The first kappa shape index (κ1) is 37.9. The first-order chi connectivity index (χ1) is 21.9. The minimum atomic E-state index is -1.06. The Bertz CT molecular complexity index is 1380. The van der Waals surface area contributed by atoms with Crippen LogP contribution in [-0.2, 0) is 30.3 Å². The number of hydrogen-bond donors (Lipinski definition) is 2. The zero-order chi connectivity index (χ0) is 35.1. The SMILES string of the molecule is CSCCC(NC(=O)OC(C)(C)C)C(=O)N(C(C(=O)NC(Cc1ccccc1)C(=O)OC(C)(C)C)c1c(C)cccc1C)C1CC1C. The van der Waals surface area contributed by atoms with E-state index in [9.17, 15) is 19.2 Å². The molecule has 5 atom stereocenters. The van der Waals surface area contributed by atoms with Crippen LogP contribution in [0.15, 0.2) is 48.5 Å². The molecule has 2 aromatic rings. The molecule has 0 aliphatic heterocycles. The lowest BCUT2D eigenvalue weighted by atomic mass is 9.92. The lowest BCUT2D eigenvalue weighted by molar-refractivity contribution is -0.159. The van der Waals surface area contributed by atoms with Crippen LogP contribution in [0.1, 0.15) is 89.6 Å². The van der Waals surface area contributed by atoms with Crippen LogP contribution in [0.25, 0.3) is 0 Å². The molecule has 47 heavy (non-hydrogen) atoms. The first-order valence-electron chi connectivity index (χ1n) is 16.4. The Kier molecular flexibility index (Phi) is 12.9. The summed E-state index contributed by atoms with van der Waals surface area (Å²) in [6.07, 6.45) is 2.52. The molecule has 0 radical (unpaired) electrons. The Morgan fingerprint density at radius 3 is 1.96 bits per heavy atom. The van der Waals surface area contributed by atoms with Crippen molar-refractivity contribution in [2.24, 2.45) is 5.92 Å². The number of hydrogen-bond acceptors (Lipinski definition) is 7. The van der Waals surface area contributed by atoms with Gasteiger partial charge in [0.05, 0.1) is 0 Å². The van der Waals surface area contributed by atoms with Gasteiger partial charge in [-0.2, -0.15) is 11.8 Å². The molecule has 1 aliphatic carbocycles. The summed E-state index contributed by atoms with van der Waals surface area (Å²) >= 11 is 1.56. The number of alkyl carbamates (subject to hydrolysis) is 1. The second kappa shape index (κ2) is 16.0. The summed E-state index contributed by atoms with van der Waals surface area (Å²) in [7, 11) is 0. The molecule has 5 unspecified atom stereocenters. The molecule has 10 heteroatoms. The molecule has 0 heterocycles. The van der Waals surface area contributed by atoms with Gasteiger partial charge in [-0.3, -0.25) is 9.59 Å². The molecule has 2 aromatic carbocycles. The van der Waals surface area contributed by atoms with Gasteiger partial charge in [-0.15, -0.1) is 0 Å². The van der Waals surface area contributed by atoms with Gasteiger partial charge in [0.25, 0.3) is 0 Å². The van der Waals surface area contributed by atoms with Crippen molar-refractivity contribution in [3.8, 4) is 0 Å². The van der Waals surface area contributed by atoms with E-state index in [1.807, 2.05) is 75.6 Å². The lowest BCUT2D eigenvalue weighted by Gasteiger charge is -2.37. The summed E-state index contributed by atoms with van der Waals surface area (Å²) < 4.78 is 11.3. The van der Waals surface area contributed by atoms with Gasteiger partial charge >= 0.3 is 12.1 Å². The van der Waals surface area contributed by atoms with Crippen molar-refractivity contribution < 1.29 is 28.7 Å². The second-order valence-electron chi connectivity index (χ2n) is 14.5. The van der Waals surface area contributed by atoms with Gasteiger partial charge in [0.1, 0.15) is 29.3 Å². The monoisotopic (exact) mass is 667 g/mol. The number of amides is 3. The molecule has 3 amide bonds. The van der Waals surface area contributed by atoms with Crippen LogP contribution < -0.4 is 10.6 Å². The zero-order valence-corrected chi connectivity index (χ0v) is 30.5. The van der Waals surface area contributed by atoms with Crippen LogP contribution in [-0.4, -0.2) is 70.1 Å². The van der Waals surface area contributed by atoms with Crippen LogP contribution in [0.2, 0.25) is 0 Å². The maximum Gasteiger partial charge on any atom is 0.408 e. The van der Waals surface area contributed by atoms with E-state index in [0.29, 0.717) is 24.2 Å². The van der Waals surface area contributed by atoms with Crippen LogP contribution in [0.5, 0.6) is 0 Å². The maximum absolute atomic E-state index is 14.7. The molecule has 0 aromatic heterocycles. The van der Waals surface area contributed by atoms with Crippen LogP contribution in [0.4, 0.5) is 4.79 Å². The van der Waals surface area contributed by atoms with Gasteiger partial charge in [-0.1, -0.05) is 55.5 Å². The topological polar surface area (TPSA) is 114 Å². The third kappa shape index (κ3) is 11.3. The molecular formula is C37H53N3O6S. The van der Waals surface area contributed by atoms with Crippen molar-refractivity contribution in [3.05, 3.63) is 70.8 Å². The number of nitrogens with one attached hydrogen (secondary N) is 2. The average Bonchev–Trinajstić information content (AvgIpc) is 3.68. The molecule has 0 bridgehead atoms. The number of benzene rings is 2. The Labute approximate surface area is 284 Å². The summed E-state index contributed by atoms with van der Waals surface area (Å²) in [4.78, 5) is 57.6. The number of nitrogens with zero attached hydrogens (tertiary/aromatic N) is 1. The van der Waals surface area contributed by atoms with E-state index in [4.69, 9.17) is 9.47 Å². The van der Waals surface area contributed by atoms with E-state index in [1.54, 1.807) is 58.2 Å². The van der Waals surface area contributed by atoms with E-state index >= 15 is 0 Å². The van der Waals surface area contributed by atoms with Gasteiger partial charge in [-0.25, -0.2) is 9.59 Å². The highest BCUT2D eigenvalue weighted by Crippen LogP contribution is 2.42. The fourth-order valence-corrected chi connectivity index (χ4v) is 6.09. The summed E-state index contributed by atoms with van der Waals surface area (Å²) in [5.41, 5.74) is 1.71. The summed E-state index contributed by atoms with van der Waals surface area (Å²) in [5, 5.41) is 5.81. The quantitative estimate of drug-likeness (QED) is 0.241. The van der Waals surface area contributed by atoms with Crippen LogP contribution in [0, 0.1) is 19.8 Å². The Morgan fingerprint density at radius 2 is 1.45 bits per heavy atom. The van der Waals surface area contributed by atoms with Crippen molar-refractivity contribution in [1.29, 1.82) is 0 Å². The Hall–Kier alpha value is -3.53. The highest BCUT2D eigenvalue weighted by Gasteiger charge is 2.49. The molecule has 9 nitrogen and oxygen atoms in total. The average molecular weight is 668 g/mol. The highest BCUT2D eigenvalue weighted by atomic mass is 32.2. The summed E-state index contributed by atoms with van der Waals surface area (Å²) in [5.74, 6) is -0.649. The van der Waals surface area contributed by atoms with E-state index in [-0.39, 0.29) is 24.3 Å². The molecule has 0 spiro atoms.